The molecule has 0 bridgehead atoms. The summed E-state index contributed by atoms with van der Waals surface area (Å²) in [6.45, 7) is 3.78. The summed E-state index contributed by atoms with van der Waals surface area (Å²) in [5.74, 6) is 1.01. The minimum Gasteiger partial charge on any atom is -0.508 e. The lowest BCUT2D eigenvalue weighted by molar-refractivity contribution is 0.0633. The number of carbonyl (C=O) groups excluding carboxylic acids is 1. The SMILES string of the molecule is Cc1cc(N)c2c(OCC3CCCN(C(=O)c4cccc(O)c4)C3)cccc2n1. The van der Waals surface area contributed by atoms with Crippen LogP contribution in [0.3, 0.4) is 0 Å². The summed E-state index contributed by atoms with van der Waals surface area (Å²) in [5.41, 5.74) is 9.08. The highest BCUT2D eigenvalue weighted by atomic mass is 16.5. The van der Waals surface area contributed by atoms with Crippen LogP contribution in [0.5, 0.6) is 11.5 Å². The zero-order valence-corrected chi connectivity index (χ0v) is 16.5. The molecule has 3 aromatic rings. The number of fused-ring (bicyclic) bond motifs is 1. The highest BCUT2D eigenvalue weighted by molar-refractivity contribution is 5.96. The molecule has 4 rings (SSSR count). The molecule has 1 atom stereocenters. The maximum Gasteiger partial charge on any atom is 0.253 e. The Kier molecular flexibility index (Phi) is 5.25. The van der Waals surface area contributed by atoms with Crippen molar-refractivity contribution < 1.29 is 14.6 Å². The minimum absolute atomic E-state index is 0.0559. The van der Waals surface area contributed by atoms with Gasteiger partial charge in [-0.3, -0.25) is 9.78 Å². The van der Waals surface area contributed by atoms with E-state index in [1.54, 1.807) is 18.2 Å². The first-order chi connectivity index (χ1) is 14.0. The van der Waals surface area contributed by atoms with Gasteiger partial charge in [-0.1, -0.05) is 12.1 Å². The highest BCUT2D eigenvalue weighted by Crippen LogP contribution is 2.31. The number of anilines is 1. The number of amides is 1. The second-order valence-corrected chi connectivity index (χ2v) is 7.62. The van der Waals surface area contributed by atoms with Crippen LogP contribution in [0.25, 0.3) is 10.9 Å². The Hall–Kier alpha value is -3.28. The summed E-state index contributed by atoms with van der Waals surface area (Å²) < 4.78 is 6.13. The van der Waals surface area contributed by atoms with Crippen molar-refractivity contribution in [2.45, 2.75) is 19.8 Å². The number of aromatic hydroxyl groups is 1. The molecule has 0 aliphatic carbocycles. The smallest absolute Gasteiger partial charge is 0.253 e. The van der Waals surface area contributed by atoms with Crippen LogP contribution in [0.15, 0.2) is 48.5 Å². The number of nitrogens with zero attached hydrogens (tertiary/aromatic N) is 2. The molecule has 1 amide bonds. The molecule has 0 spiro atoms. The molecule has 1 aliphatic heterocycles. The van der Waals surface area contributed by atoms with Crippen LogP contribution in [0.2, 0.25) is 0 Å². The molecule has 2 heterocycles. The van der Waals surface area contributed by atoms with Crippen molar-refractivity contribution in [3.8, 4) is 11.5 Å². The number of phenolic OH excluding ortho intramolecular Hbond substituents is 1. The van der Waals surface area contributed by atoms with Crippen LogP contribution in [0.1, 0.15) is 28.9 Å². The normalized spacial score (nSPS) is 16.7. The largest absolute Gasteiger partial charge is 0.508 e. The van der Waals surface area contributed by atoms with E-state index >= 15 is 0 Å². The number of pyridine rings is 1. The van der Waals surface area contributed by atoms with Gasteiger partial charge in [0.25, 0.3) is 5.91 Å². The Morgan fingerprint density at radius 3 is 2.93 bits per heavy atom. The first-order valence-corrected chi connectivity index (χ1v) is 9.88. The van der Waals surface area contributed by atoms with Crippen LogP contribution < -0.4 is 10.5 Å². The molecule has 0 radical (unpaired) electrons. The number of nitrogen functional groups attached to an aromatic ring is 1. The van der Waals surface area contributed by atoms with E-state index in [-0.39, 0.29) is 17.6 Å². The molecule has 1 fully saturated rings. The maximum absolute atomic E-state index is 12.8. The average molecular weight is 391 g/mol. The molecule has 1 aliphatic rings. The molecular weight excluding hydrogens is 366 g/mol. The van der Waals surface area contributed by atoms with Gasteiger partial charge in [0.05, 0.1) is 17.5 Å². The van der Waals surface area contributed by atoms with E-state index in [1.165, 1.54) is 6.07 Å². The van der Waals surface area contributed by atoms with Crippen molar-refractivity contribution in [3.05, 3.63) is 59.8 Å². The second kappa shape index (κ2) is 7.99. The number of nitrogens with two attached hydrogens (primary N) is 1. The second-order valence-electron chi connectivity index (χ2n) is 7.62. The van der Waals surface area contributed by atoms with Gasteiger partial charge in [0.1, 0.15) is 11.5 Å². The van der Waals surface area contributed by atoms with E-state index < -0.39 is 0 Å². The number of phenols is 1. The zero-order chi connectivity index (χ0) is 20.4. The monoisotopic (exact) mass is 391 g/mol. The quantitative estimate of drug-likeness (QED) is 0.707. The summed E-state index contributed by atoms with van der Waals surface area (Å²) in [6.07, 6.45) is 1.93. The zero-order valence-electron chi connectivity index (χ0n) is 16.5. The van der Waals surface area contributed by atoms with Gasteiger partial charge in [-0.25, -0.2) is 0 Å². The number of rotatable bonds is 4. The summed E-state index contributed by atoms with van der Waals surface area (Å²) >= 11 is 0. The summed E-state index contributed by atoms with van der Waals surface area (Å²) in [4.78, 5) is 19.1. The molecule has 29 heavy (non-hydrogen) atoms. The van der Waals surface area contributed by atoms with Crippen LogP contribution in [0.4, 0.5) is 5.69 Å². The Balaban J connectivity index is 1.45. The van der Waals surface area contributed by atoms with Gasteiger partial charge in [-0.2, -0.15) is 0 Å². The number of hydrogen-bond acceptors (Lipinski definition) is 5. The molecule has 3 N–H and O–H groups in total. The third-order valence-electron chi connectivity index (χ3n) is 5.33. The Bertz CT molecular complexity index is 1050. The van der Waals surface area contributed by atoms with Crippen molar-refractivity contribution in [1.82, 2.24) is 9.88 Å². The van der Waals surface area contributed by atoms with E-state index in [0.717, 1.165) is 41.7 Å². The highest BCUT2D eigenvalue weighted by Gasteiger charge is 2.25. The van der Waals surface area contributed by atoms with E-state index in [0.29, 0.717) is 24.4 Å². The van der Waals surface area contributed by atoms with Crippen molar-refractivity contribution in [1.29, 1.82) is 0 Å². The van der Waals surface area contributed by atoms with Crippen molar-refractivity contribution >= 4 is 22.5 Å². The number of hydrogen-bond donors (Lipinski definition) is 2. The number of piperidine rings is 1. The minimum atomic E-state index is -0.0559. The third kappa shape index (κ3) is 4.11. The lowest BCUT2D eigenvalue weighted by Crippen LogP contribution is -2.41. The van der Waals surface area contributed by atoms with Crippen LogP contribution in [-0.2, 0) is 0 Å². The van der Waals surface area contributed by atoms with E-state index in [2.05, 4.69) is 4.98 Å². The molecule has 1 unspecified atom stereocenters. The maximum atomic E-state index is 12.8. The third-order valence-corrected chi connectivity index (χ3v) is 5.33. The van der Waals surface area contributed by atoms with Gasteiger partial charge in [0, 0.05) is 36.0 Å². The molecular formula is C23H25N3O3. The van der Waals surface area contributed by atoms with Gasteiger partial charge in [-0.05, 0) is 56.2 Å². The number of aromatic nitrogens is 1. The number of ether oxygens (including phenoxy) is 1. The standard InChI is InChI=1S/C23H25N3O3/c1-15-11-19(24)22-20(25-15)8-3-9-21(22)29-14-16-5-4-10-26(13-16)23(28)17-6-2-7-18(27)12-17/h2-3,6-9,11-12,16,27H,4-5,10,13-14H2,1H3,(H2,24,25). The average Bonchev–Trinajstić information content (AvgIpc) is 2.71. The van der Waals surface area contributed by atoms with Gasteiger partial charge in [0.2, 0.25) is 0 Å². The Labute approximate surface area is 169 Å². The van der Waals surface area contributed by atoms with Gasteiger partial charge < -0.3 is 20.5 Å². The fourth-order valence-electron chi connectivity index (χ4n) is 3.96. The van der Waals surface area contributed by atoms with Gasteiger partial charge >= 0.3 is 0 Å². The van der Waals surface area contributed by atoms with Gasteiger partial charge in [0.15, 0.2) is 0 Å². The van der Waals surface area contributed by atoms with Crippen molar-refractivity contribution in [2.24, 2.45) is 5.92 Å². The first kappa shape index (κ1) is 19.1. The predicted molar refractivity (Wildman–Crippen MR) is 113 cm³/mol. The number of carbonyl (C=O) groups is 1. The van der Waals surface area contributed by atoms with Gasteiger partial charge in [-0.15, -0.1) is 0 Å². The molecule has 150 valence electrons. The predicted octanol–water partition coefficient (Wildman–Crippen LogP) is 3.76. The summed E-state index contributed by atoms with van der Waals surface area (Å²) in [7, 11) is 0. The number of aryl methyl sites for hydroxylation is 1. The first-order valence-electron chi connectivity index (χ1n) is 9.88. The Morgan fingerprint density at radius 1 is 1.28 bits per heavy atom. The van der Waals surface area contributed by atoms with E-state index in [4.69, 9.17) is 10.5 Å². The molecule has 1 aromatic heterocycles. The van der Waals surface area contributed by atoms with Crippen molar-refractivity contribution in [2.75, 3.05) is 25.4 Å². The number of benzene rings is 2. The molecule has 0 saturated carbocycles. The Morgan fingerprint density at radius 2 is 2.10 bits per heavy atom. The molecule has 1 saturated heterocycles. The van der Waals surface area contributed by atoms with Crippen molar-refractivity contribution in [3.63, 3.8) is 0 Å². The molecule has 6 nitrogen and oxygen atoms in total. The molecule has 6 heteroatoms. The fourth-order valence-corrected chi connectivity index (χ4v) is 3.96. The van der Waals surface area contributed by atoms with Crippen LogP contribution >= 0.6 is 0 Å². The lowest BCUT2D eigenvalue weighted by Gasteiger charge is -2.32. The van der Waals surface area contributed by atoms with E-state index in [1.807, 2.05) is 36.1 Å². The van der Waals surface area contributed by atoms with Crippen LogP contribution in [0, 0.1) is 12.8 Å². The fraction of sp³-hybridized carbons (Fsp3) is 0.304. The van der Waals surface area contributed by atoms with Crippen LogP contribution in [-0.4, -0.2) is 40.6 Å². The lowest BCUT2D eigenvalue weighted by atomic mass is 9.98. The number of likely N-dealkylation sites (tertiary alicyclic amines) is 1. The molecule has 2 aromatic carbocycles. The van der Waals surface area contributed by atoms with E-state index in [9.17, 15) is 9.90 Å². The summed E-state index contributed by atoms with van der Waals surface area (Å²) in [5, 5.41) is 10.5. The topological polar surface area (TPSA) is 88.7 Å². The summed E-state index contributed by atoms with van der Waals surface area (Å²) in [6, 6.07) is 14.1.